The first-order valence-corrected chi connectivity index (χ1v) is 6.43. The molecule has 2 rings (SSSR count). The van der Waals surface area contributed by atoms with E-state index in [1.54, 1.807) is 6.07 Å². The molecule has 1 saturated carbocycles. The molecule has 3 nitrogen and oxygen atoms in total. The second-order valence-corrected chi connectivity index (χ2v) is 4.94. The van der Waals surface area contributed by atoms with Crippen LogP contribution in [0.4, 0.5) is 4.39 Å². The van der Waals surface area contributed by atoms with Gasteiger partial charge >= 0.3 is 0 Å². The second-order valence-electron chi connectivity index (χ2n) is 4.94. The van der Waals surface area contributed by atoms with Crippen LogP contribution in [0.15, 0.2) is 18.2 Å². The summed E-state index contributed by atoms with van der Waals surface area (Å²) < 4.78 is 18.2. The van der Waals surface area contributed by atoms with Crippen LogP contribution in [0, 0.1) is 5.82 Å². The van der Waals surface area contributed by atoms with Gasteiger partial charge in [-0.3, -0.25) is 0 Å². The number of hydrogen-bond donors (Lipinski definition) is 1. The Morgan fingerprint density at radius 2 is 2.22 bits per heavy atom. The molecule has 1 aromatic carbocycles. The van der Waals surface area contributed by atoms with E-state index < -0.39 is 0 Å². The Morgan fingerprint density at radius 1 is 1.44 bits per heavy atom. The lowest BCUT2D eigenvalue weighted by molar-refractivity contribution is 0.322. The van der Waals surface area contributed by atoms with Crippen molar-refractivity contribution in [1.82, 2.24) is 10.2 Å². The van der Waals surface area contributed by atoms with Crippen molar-refractivity contribution in [2.75, 3.05) is 27.2 Å². The zero-order valence-electron chi connectivity index (χ0n) is 11.1. The van der Waals surface area contributed by atoms with Gasteiger partial charge in [0.15, 0.2) is 11.6 Å². The molecule has 1 N–H and O–H groups in total. The zero-order valence-corrected chi connectivity index (χ0v) is 11.1. The first-order chi connectivity index (χ1) is 8.69. The minimum Gasteiger partial charge on any atom is -0.494 e. The first-order valence-electron chi connectivity index (χ1n) is 6.43. The Bertz CT molecular complexity index is 393. The summed E-state index contributed by atoms with van der Waals surface area (Å²) in [4.78, 5) is 2.22. The molecule has 1 aliphatic rings. The van der Waals surface area contributed by atoms with Gasteiger partial charge in [-0.25, -0.2) is 4.39 Å². The van der Waals surface area contributed by atoms with Crippen LogP contribution in [0.2, 0.25) is 0 Å². The molecule has 0 aromatic heterocycles. The molecule has 0 aliphatic heterocycles. The van der Waals surface area contributed by atoms with Crippen LogP contribution >= 0.6 is 0 Å². The Kier molecular flexibility index (Phi) is 4.55. The Balaban J connectivity index is 1.79. The van der Waals surface area contributed by atoms with Crippen molar-refractivity contribution in [3.8, 4) is 5.75 Å². The number of methoxy groups -OCH3 is 1. The van der Waals surface area contributed by atoms with E-state index in [0.29, 0.717) is 5.75 Å². The minimum absolute atomic E-state index is 0.306. The fourth-order valence-electron chi connectivity index (χ4n) is 1.94. The number of nitrogens with one attached hydrogen (secondary N) is 1. The third-order valence-electron chi connectivity index (χ3n) is 3.17. The predicted octanol–water partition coefficient (Wildman–Crippen LogP) is 2.02. The van der Waals surface area contributed by atoms with Crippen LogP contribution in [0.5, 0.6) is 5.75 Å². The SMILES string of the molecule is COc1cc(CN(C)CCNC2CC2)ccc1F. The molecule has 18 heavy (non-hydrogen) atoms. The van der Waals surface area contributed by atoms with Gasteiger partial charge in [-0.1, -0.05) is 6.07 Å². The van der Waals surface area contributed by atoms with E-state index in [-0.39, 0.29) is 5.82 Å². The molecule has 0 saturated heterocycles. The summed E-state index contributed by atoms with van der Waals surface area (Å²) in [5, 5.41) is 3.48. The van der Waals surface area contributed by atoms with E-state index in [1.807, 2.05) is 6.07 Å². The average Bonchev–Trinajstić information content (AvgIpc) is 3.15. The number of ether oxygens (including phenoxy) is 1. The highest BCUT2D eigenvalue weighted by atomic mass is 19.1. The molecule has 4 heteroatoms. The Labute approximate surface area is 108 Å². The maximum absolute atomic E-state index is 13.3. The van der Waals surface area contributed by atoms with Crippen molar-refractivity contribution in [3.05, 3.63) is 29.6 Å². The highest BCUT2D eigenvalue weighted by molar-refractivity contribution is 5.30. The van der Waals surface area contributed by atoms with E-state index in [1.165, 1.54) is 26.0 Å². The summed E-state index contributed by atoms with van der Waals surface area (Å²) in [6.45, 7) is 2.82. The minimum atomic E-state index is -0.306. The number of halogens is 1. The molecular formula is C14H21FN2O. The Morgan fingerprint density at radius 3 is 2.89 bits per heavy atom. The molecule has 0 atom stereocenters. The fraction of sp³-hybridized carbons (Fsp3) is 0.571. The van der Waals surface area contributed by atoms with E-state index >= 15 is 0 Å². The van der Waals surface area contributed by atoms with Crippen LogP contribution in [0.1, 0.15) is 18.4 Å². The molecular weight excluding hydrogens is 231 g/mol. The molecule has 0 spiro atoms. The van der Waals surface area contributed by atoms with Gasteiger partial charge in [0.25, 0.3) is 0 Å². The van der Waals surface area contributed by atoms with Crippen LogP contribution < -0.4 is 10.1 Å². The summed E-state index contributed by atoms with van der Waals surface area (Å²) in [5.74, 6) is 0.0105. The second kappa shape index (κ2) is 6.16. The lowest BCUT2D eigenvalue weighted by Crippen LogP contribution is -2.30. The fourth-order valence-corrected chi connectivity index (χ4v) is 1.94. The van der Waals surface area contributed by atoms with Crippen molar-refractivity contribution >= 4 is 0 Å². The lowest BCUT2D eigenvalue weighted by Gasteiger charge is -2.17. The topological polar surface area (TPSA) is 24.5 Å². The standard InChI is InChI=1S/C14H21FN2O/c1-17(8-7-16-12-4-5-12)10-11-3-6-13(15)14(9-11)18-2/h3,6,9,12,16H,4-5,7-8,10H2,1-2H3. The van der Waals surface area contributed by atoms with Crippen molar-refractivity contribution in [3.63, 3.8) is 0 Å². The number of benzene rings is 1. The largest absolute Gasteiger partial charge is 0.494 e. The van der Waals surface area contributed by atoms with Crippen LogP contribution in [0.25, 0.3) is 0 Å². The smallest absolute Gasteiger partial charge is 0.165 e. The van der Waals surface area contributed by atoms with Gasteiger partial charge in [0.2, 0.25) is 0 Å². The van der Waals surface area contributed by atoms with E-state index in [4.69, 9.17) is 4.74 Å². The van der Waals surface area contributed by atoms with E-state index in [2.05, 4.69) is 17.3 Å². The summed E-state index contributed by atoms with van der Waals surface area (Å²) in [5.41, 5.74) is 1.07. The maximum atomic E-state index is 13.3. The van der Waals surface area contributed by atoms with Gasteiger partial charge in [-0.15, -0.1) is 0 Å². The third-order valence-corrected chi connectivity index (χ3v) is 3.17. The van der Waals surface area contributed by atoms with E-state index in [9.17, 15) is 4.39 Å². The van der Waals surface area contributed by atoms with Gasteiger partial charge in [-0.2, -0.15) is 0 Å². The van der Waals surface area contributed by atoms with Gasteiger partial charge in [-0.05, 0) is 37.6 Å². The quantitative estimate of drug-likeness (QED) is 0.803. The summed E-state index contributed by atoms with van der Waals surface area (Å²) in [6.07, 6.45) is 2.64. The molecule has 100 valence electrons. The molecule has 1 aliphatic carbocycles. The molecule has 0 bridgehead atoms. The molecule has 1 aromatic rings. The first kappa shape index (κ1) is 13.3. The summed E-state index contributed by atoms with van der Waals surface area (Å²) >= 11 is 0. The van der Waals surface area contributed by atoms with Crippen molar-refractivity contribution in [1.29, 1.82) is 0 Å². The van der Waals surface area contributed by atoms with Crippen molar-refractivity contribution in [2.45, 2.75) is 25.4 Å². The predicted molar refractivity (Wildman–Crippen MR) is 70.3 cm³/mol. The molecule has 0 amide bonds. The van der Waals surface area contributed by atoms with Crippen molar-refractivity contribution < 1.29 is 9.13 Å². The van der Waals surface area contributed by atoms with Gasteiger partial charge < -0.3 is 15.0 Å². The average molecular weight is 252 g/mol. The highest BCUT2D eigenvalue weighted by Gasteiger charge is 2.19. The van der Waals surface area contributed by atoms with E-state index in [0.717, 1.165) is 31.2 Å². The lowest BCUT2D eigenvalue weighted by atomic mass is 10.2. The van der Waals surface area contributed by atoms with Crippen LogP contribution in [-0.2, 0) is 6.54 Å². The maximum Gasteiger partial charge on any atom is 0.165 e. The number of likely N-dealkylation sites (N-methyl/N-ethyl adjacent to an activating group) is 1. The van der Waals surface area contributed by atoms with Gasteiger partial charge in [0.05, 0.1) is 7.11 Å². The normalized spacial score (nSPS) is 15.1. The molecule has 0 radical (unpaired) electrons. The number of hydrogen-bond acceptors (Lipinski definition) is 3. The van der Waals surface area contributed by atoms with Crippen LogP contribution in [-0.4, -0.2) is 38.2 Å². The van der Waals surface area contributed by atoms with Gasteiger partial charge in [0.1, 0.15) is 0 Å². The summed E-state index contributed by atoms with van der Waals surface area (Å²) in [6, 6.07) is 5.79. The summed E-state index contributed by atoms with van der Waals surface area (Å²) in [7, 11) is 3.57. The Hall–Kier alpha value is -1.13. The molecule has 0 unspecified atom stereocenters. The number of nitrogens with zero attached hydrogens (tertiary/aromatic N) is 1. The monoisotopic (exact) mass is 252 g/mol. The zero-order chi connectivity index (χ0) is 13.0. The van der Waals surface area contributed by atoms with Crippen molar-refractivity contribution in [2.24, 2.45) is 0 Å². The van der Waals surface area contributed by atoms with Gasteiger partial charge in [0, 0.05) is 25.7 Å². The highest BCUT2D eigenvalue weighted by Crippen LogP contribution is 2.19. The molecule has 0 heterocycles. The number of rotatable bonds is 7. The molecule has 1 fully saturated rings. The van der Waals surface area contributed by atoms with Crippen LogP contribution in [0.3, 0.4) is 0 Å². The third kappa shape index (κ3) is 3.96.